The zero-order valence-electron chi connectivity index (χ0n) is 21.5. The second kappa shape index (κ2) is 11.8. The summed E-state index contributed by atoms with van der Waals surface area (Å²) in [6.07, 6.45) is 7.47. The van der Waals surface area contributed by atoms with Crippen LogP contribution in [0.25, 0.3) is 11.1 Å². The summed E-state index contributed by atoms with van der Waals surface area (Å²) in [5.74, 6) is 1.78. The molecule has 0 bridgehead atoms. The van der Waals surface area contributed by atoms with E-state index >= 15 is 0 Å². The summed E-state index contributed by atoms with van der Waals surface area (Å²) >= 11 is 8.50. The maximum atomic E-state index is 14.2. The van der Waals surface area contributed by atoms with Crippen molar-refractivity contribution >= 4 is 35.1 Å². The number of ether oxygens (including phenoxy) is 1. The van der Waals surface area contributed by atoms with E-state index in [9.17, 15) is 4.79 Å². The molecule has 0 radical (unpaired) electrons. The molecule has 1 aliphatic carbocycles. The summed E-state index contributed by atoms with van der Waals surface area (Å²) < 4.78 is 6.03. The Morgan fingerprint density at radius 1 is 1.11 bits per heavy atom. The van der Waals surface area contributed by atoms with Crippen LogP contribution in [0.4, 0.5) is 5.82 Å². The number of hydrogen-bond donors (Lipinski definition) is 1. The van der Waals surface area contributed by atoms with Gasteiger partial charge in [-0.3, -0.25) is 4.79 Å². The van der Waals surface area contributed by atoms with Crippen LogP contribution in [0.2, 0.25) is 0 Å². The zero-order chi connectivity index (χ0) is 25.8. The van der Waals surface area contributed by atoms with E-state index in [-0.39, 0.29) is 22.6 Å². The molecule has 3 aromatic rings. The van der Waals surface area contributed by atoms with Crippen LogP contribution < -0.4 is 10.1 Å². The lowest BCUT2D eigenvalue weighted by Gasteiger charge is -2.36. The monoisotopic (exact) mass is 535 g/mol. The highest BCUT2D eigenvalue weighted by Gasteiger charge is 2.41. The molecule has 1 aliphatic heterocycles. The van der Waals surface area contributed by atoms with Crippen molar-refractivity contribution in [3.63, 3.8) is 0 Å². The number of nitrogens with zero attached hydrogens (tertiary/aromatic N) is 2. The van der Waals surface area contributed by atoms with Gasteiger partial charge in [-0.15, -0.1) is 23.4 Å². The lowest BCUT2D eigenvalue weighted by Crippen LogP contribution is -2.45. The fourth-order valence-corrected chi connectivity index (χ4v) is 7.15. The lowest BCUT2D eigenvalue weighted by atomic mass is 9.93. The summed E-state index contributed by atoms with van der Waals surface area (Å²) in [5.41, 5.74) is 4.16. The van der Waals surface area contributed by atoms with Crippen molar-refractivity contribution < 1.29 is 9.53 Å². The molecule has 0 saturated heterocycles. The van der Waals surface area contributed by atoms with Gasteiger partial charge < -0.3 is 15.0 Å². The average molecular weight is 536 g/mol. The predicted molar refractivity (Wildman–Crippen MR) is 152 cm³/mol. The van der Waals surface area contributed by atoms with Crippen LogP contribution >= 0.6 is 23.4 Å². The molecule has 7 heteroatoms. The van der Waals surface area contributed by atoms with Gasteiger partial charge in [0.2, 0.25) is 5.91 Å². The number of carbonyl (C=O) groups excluding carboxylic acids is 1. The van der Waals surface area contributed by atoms with E-state index in [0.717, 1.165) is 64.4 Å². The second-order valence-corrected chi connectivity index (χ2v) is 11.3. The minimum Gasteiger partial charge on any atom is -0.494 e. The van der Waals surface area contributed by atoms with Crippen LogP contribution in [0.15, 0.2) is 65.7 Å². The van der Waals surface area contributed by atoms with Crippen LogP contribution in [0.1, 0.15) is 55.5 Å². The van der Waals surface area contributed by atoms with Crippen molar-refractivity contribution in [3.8, 4) is 16.9 Å². The number of rotatable bonds is 8. The molecule has 5 nitrogen and oxygen atoms in total. The molecule has 1 saturated carbocycles. The summed E-state index contributed by atoms with van der Waals surface area (Å²) in [5, 5.41) is 2.42. The van der Waals surface area contributed by atoms with Gasteiger partial charge in [0.1, 0.15) is 16.8 Å². The maximum absolute atomic E-state index is 14.2. The summed E-state index contributed by atoms with van der Waals surface area (Å²) in [6, 6.07) is 18.6. The first-order valence-corrected chi connectivity index (χ1v) is 14.5. The third-order valence-corrected chi connectivity index (χ3v) is 9.32. The van der Waals surface area contributed by atoms with Crippen LogP contribution in [-0.4, -0.2) is 40.7 Å². The molecule has 2 atom stereocenters. The molecule has 2 aromatic carbocycles. The molecule has 194 valence electrons. The largest absolute Gasteiger partial charge is 0.494 e. The van der Waals surface area contributed by atoms with Crippen molar-refractivity contribution in [3.05, 3.63) is 71.9 Å². The molecule has 1 N–H and O–H groups in total. The van der Waals surface area contributed by atoms with Gasteiger partial charge in [0.05, 0.1) is 12.0 Å². The van der Waals surface area contributed by atoms with Gasteiger partial charge in [-0.2, -0.15) is 0 Å². The van der Waals surface area contributed by atoms with E-state index < -0.39 is 0 Å². The van der Waals surface area contributed by atoms with Crippen molar-refractivity contribution in [2.75, 3.05) is 19.0 Å². The van der Waals surface area contributed by atoms with Gasteiger partial charge in [0.25, 0.3) is 0 Å². The van der Waals surface area contributed by atoms with Crippen molar-refractivity contribution in [1.29, 1.82) is 0 Å². The number of thioether (sulfide) groups is 1. The highest BCUT2D eigenvalue weighted by molar-refractivity contribution is 8.01. The Bertz CT molecular complexity index is 1230. The van der Waals surface area contributed by atoms with Gasteiger partial charge in [-0.1, -0.05) is 43.5 Å². The van der Waals surface area contributed by atoms with E-state index in [1.165, 1.54) is 6.42 Å². The van der Waals surface area contributed by atoms with E-state index in [1.54, 1.807) is 11.8 Å². The smallest absolute Gasteiger partial charge is 0.238 e. The molecule has 2 heterocycles. The molecule has 1 fully saturated rings. The summed E-state index contributed by atoms with van der Waals surface area (Å²) in [7, 11) is 1.86. The van der Waals surface area contributed by atoms with E-state index in [0.29, 0.717) is 13.2 Å². The minimum atomic E-state index is -0.325. The number of carbonyl (C=O) groups is 1. The van der Waals surface area contributed by atoms with Gasteiger partial charge in [-0.05, 0) is 61.2 Å². The Balaban J connectivity index is 1.47. The third-order valence-electron chi connectivity index (χ3n) is 7.33. The Labute approximate surface area is 229 Å². The zero-order valence-corrected chi connectivity index (χ0v) is 23.0. The first-order chi connectivity index (χ1) is 18.1. The van der Waals surface area contributed by atoms with Gasteiger partial charge in [0.15, 0.2) is 0 Å². The number of anilines is 1. The number of fused-ring (bicyclic) bond motifs is 1. The Hall–Kier alpha value is -2.70. The number of nitrogens with one attached hydrogen (secondary N) is 1. The quantitative estimate of drug-likeness (QED) is 0.306. The molecule has 2 unspecified atom stereocenters. The minimum absolute atomic E-state index is 0.126. The fourth-order valence-electron chi connectivity index (χ4n) is 5.37. The number of hydrogen-bond acceptors (Lipinski definition) is 5. The van der Waals surface area contributed by atoms with Gasteiger partial charge in [-0.25, -0.2) is 4.98 Å². The topological polar surface area (TPSA) is 54.5 Å². The standard InChI is InChI=1S/C30H34ClN3O2S/c1-3-36-25-15-13-20(21-14-16-27(32-2)33-18-21)17-22(25)19-34(23-9-5-4-6-10-23)30(35)29-28(31)24-11-7-8-12-26(24)37-29/h7-8,11-18,23,28-29H,3-6,9-10,19H2,1-2H3,(H,32,33). The van der Waals surface area contributed by atoms with Crippen molar-refractivity contribution in [2.24, 2.45) is 0 Å². The van der Waals surface area contributed by atoms with Crippen LogP contribution in [-0.2, 0) is 11.3 Å². The molecular weight excluding hydrogens is 502 g/mol. The highest BCUT2D eigenvalue weighted by atomic mass is 35.5. The van der Waals surface area contributed by atoms with E-state index in [1.807, 2.05) is 50.5 Å². The Morgan fingerprint density at radius 2 is 1.89 bits per heavy atom. The molecule has 0 spiro atoms. The molecule has 1 aromatic heterocycles. The van der Waals surface area contributed by atoms with E-state index in [4.69, 9.17) is 16.3 Å². The van der Waals surface area contributed by atoms with E-state index in [2.05, 4.69) is 39.5 Å². The maximum Gasteiger partial charge on any atom is 0.238 e. The number of halogens is 1. The summed E-state index contributed by atoms with van der Waals surface area (Å²) in [6.45, 7) is 3.07. The number of alkyl halides is 1. The van der Waals surface area contributed by atoms with Crippen LogP contribution in [0.3, 0.4) is 0 Å². The third kappa shape index (κ3) is 5.60. The van der Waals surface area contributed by atoms with Gasteiger partial charge >= 0.3 is 0 Å². The lowest BCUT2D eigenvalue weighted by molar-refractivity contribution is -0.134. The van der Waals surface area contributed by atoms with Crippen LogP contribution in [0, 0.1) is 0 Å². The number of aromatic nitrogens is 1. The van der Waals surface area contributed by atoms with Crippen molar-refractivity contribution in [1.82, 2.24) is 9.88 Å². The fraction of sp³-hybridized carbons (Fsp3) is 0.400. The second-order valence-electron chi connectivity index (χ2n) is 9.67. The molecule has 37 heavy (non-hydrogen) atoms. The summed E-state index contributed by atoms with van der Waals surface area (Å²) in [4.78, 5) is 21.9. The molecular formula is C30H34ClN3O2S. The Kier molecular flexibility index (Phi) is 8.26. The predicted octanol–water partition coefficient (Wildman–Crippen LogP) is 7.30. The SMILES string of the molecule is CCOc1ccc(-c2ccc(NC)nc2)cc1CN(C(=O)C1Sc2ccccc2C1Cl)C1CCCCC1. The molecule has 2 aliphatic rings. The number of benzene rings is 2. The first-order valence-electron chi connectivity index (χ1n) is 13.2. The highest BCUT2D eigenvalue weighted by Crippen LogP contribution is 2.48. The molecule has 1 amide bonds. The van der Waals surface area contributed by atoms with Gasteiger partial charge in [0, 0.05) is 41.9 Å². The average Bonchev–Trinajstić information content (AvgIpc) is 3.29. The number of amides is 1. The number of pyridine rings is 1. The van der Waals surface area contributed by atoms with Crippen molar-refractivity contribution in [2.45, 2.75) is 67.1 Å². The van der Waals surface area contributed by atoms with Crippen LogP contribution in [0.5, 0.6) is 5.75 Å². The molecule has 5 rings (SSSR count). The normalized spacial score (nSPS) is 19.3. The Morgan fingerprint density at radius 3 is 2.59 bits per heavy atom. The first kappa shape index (κ1) is 25.9.